The zero-order valence-electron chi connectivity index (χ0n) is 13.0. The van der Waals surface area contributed by atoms with Gasteiger partial charge in [0.1, 0.15) is 0 Å². The van der Waals surface area contributed by atoms with E-state index in [-0.39, 0.29) is 18.6 Å². The summed E-state index contributed by atoms with van der Waals surface area (Å²) in [5, 5.41) is 13.8. The van der Waals surface area contributed by atoms with Crippen LogP contribution in [0.4, 0.5) is 13.2 Å². The lowest BCUT2D eigenvalue weighted by atomic mass is 10.0. The number of hydrogen-bond acceptors (Lipinski definition) is 3. The molecule has 1 aliphatic rings. The predicted octanol–water partition coefficient (Wildman–Crippen LogP) is 1.84. The Morgan fingerprint density at radius 3 is 2.36 bits per heavy atom. The number of nitrogens with zero attached hydrogens (tertiary/aromatic N) is 3. The van der Waals surface area contributed by atoms with Gasteiger partial charge in [0.05, 0.1) is 11.7 Å². The summed E-state index contributed by atoms with van der Waals surface area (Å²) in [7, 11) is 0. The third-order valence-electron chi connectivity index (χ3n) is 3.83. The summed E-state index contributed by atoms with van der Waals surface area (Å²) in [6.07, 6.45) is -3.02. The lowest BCUT2D eigenvalue weighted by Crippen LogP contribution is -2.56. The predicted molar refractivity (Wildman–Crippen MR) is 73.0 cm³/mol. The van der Waals surface area contributed by atoms with Gasteiger partial charge in [-0.3, -0.25) is 9.48 Å². The van der Waals surface area contributed by atoms with E-state index in [0.717, 1.165) is 10.6 Å². The van der Waals surface area contributed by atoms with E-state index in [9.17, 15) is 23.1 Å². The number of halogens is 3. The van der Waals surface area contributed by atoms with Gasteiger partial charge in [0.15, 0.2) is 0 Å². The lowest BCUT2D eigenvalue weighted by molar-refractivity contribution is -0.250. The van der Waals surface area contributed by atoms with E-state index < -0.39 is 17.7 Å². The summed E-state index contributed by atoms with van der Waals surface area (Å²) in [4.78, 5) is 13.0. The molecule has 0 bridgehead atoms. The van der Waals surface area contributed by atoms with Crippen LogP contribution in [0.25, 0.3) is 0 Å². The molecule has 5 nitrogen and oxygen atoms in total. The first-order valence-electron chi connectivity index (χ1n) is 7.00. The third-order valence-corrected chi connectivity index (χ3v) is 3.83. The minimum atomic E-state index is -5.00. The fourth-order valence-corrected chi connectivity index (χ4v) is 2.51. The van der Waals surface area contributed by atoms with Crippen LogP contribution in [0.15, 0.2) is 6.20 Å². The number of fused-ring (bicyclic) bond motifs is 1. The van der Waals surface area contributed by atoms with Gasteiger partial charge in [0.25, 0.3) is 5.91 Å². The minimum absolute atomic E-state index is 0.0243. The summed E-state index contributed by atoms with van der Waals surface area (Å²) < 4.78 is 40.2. The molecule has 2 rings (SSSR count). The molecule has 124 valence electrons. The quantitative estimate of drug-likeness (QED) is 0.859. The molecule has 0 aliphatic carbocycles. The summed E-state index contributed by atoms with van der Waals surface area (Å²) in [5.41, 5.74) is -1.97. The Kier molecular flexibility index (Phi) is 3.80. The molecule has 1 N–H and O–H groups in total. The fraction of sp³-hybridized carbons (Fsp3) is 0.714. The Hall–Kier alpha value is -1.57. The van der Waals surface area contributed by atoms with Crippen molar-refractivity contribution >= 4 is 5.91 Å². The molecule has 1 aromatic rings. The maximum Gasteiger partial charge on any atom is 0.426 e. The second-order valence-electron chi connectivity index (χ2n) is 6.75. The van der Waals surface area contributed by atoms with E-state index in [1.807, 2.05) is 25.5 Å². The van der Waals surface area contributed by atoms with E-state index in [1.54, 1.807) is 6.20 Å². The van der Waals surface area contributed by atoms with Crippen molar-refractivity contribution in [3.63, 3.8) is 0 Å². The van der Waals surface area contributed by atoms with Gasteiger partial charge in [-0.05, 0) is 27.7 Å². The largest absolute Gasteiger partial charge is 0.426 e. The van der Waals surface area contributed by atoms with E-state index in [2.05, 4.69) is 5.10 Å². The topological polar surface area (TPSA) is 58.4 Å². The second kappa shape index (κ2) is 4.97. The normalized spacial score (nSPS) is 18.8. The number of hydrogen-bond donors (Lipinski definition) is 1. The lowest BCUT2D eigenvalue weighted by Gasteiger charge is -2.35. The van der Waals surface area contributed by atoms with Gasteiger partial charge in [0.2, 0.25) is 5.60 Å². The average molecular weight is 319 g/mol. The monoisotopic (exact) mass is 319 g/mol. The third kappa shape index (κ3) is 2.71. The molecule has 8 heteroatoms. The maximum atomic E-state index is 12.8. The van der Waals surface area contributed by atoms with Crippen molar-refractivity contribution in [2.45, 2.75) is 58.0 Å². The van der Waals surface area contributed by atoms with Crippen LogP contribution in [0, 0.1) is 0 Å². The number of alkyl halides is 3. The van der Waals surface area contributed by atoms with Gasteiger partial charge in [-0.25, -0.2) is 0 Å². The van der Waals surface area contributed by atoms with Gasteiger partial charge >= 0.3 is 6.18 Å². The molecule has 0 aromatic carbocycles. The molecule has 1 aliphatic heterocycles. The smallest absolute Gasteiger partial charge is 0.373 e. The van der Waals surface area contributed by atoms with Crippen molar-refractivity contribution in [3.05, 3.63) is 17.5 Å². The molecule has 1 atom stereocenters. The fourth-order valence-electron chi connectivity index (χ4n) is 2.51. The SMILES string of the molecule is CC(C)(C)n1ncc2c1CCN(C(=O)C(C)(O)C(F)(F)F)C2. The van der Waals surface area contributed by atoms with Gasteiger partial charge in [-0.15, -0.1) is 0 Å². The van der Waals surface area contributed by atoms with E-state index in [1.165, 1.54) is 0 Å². The number of amides is 1. The second-order valence-corrected chi connectivity index (χ2v) is 6.75. The van der Waals surface area contributed by atoms with Crippen molar-refractivity contribution in [1.29, 1.82) is 0 Å². The van der Waals surface area contributed by atoms with Crippen molar-refractivity contribution in [2.75, 3.05) is 6.54 Å². The summed E-state index contributed by atoms with van der Waals surface area (Å²) in [5.74, 6) is -1.32. The average Bonchev–Trinajstić information content (AvgIpc) is 2.78. The van der Waals surface area contributed by atoms with Crippen LogP contribution in [0.3, 0.4) is 0 Å². The van der Waals surface area contributed by atoms with Crippen LogP contribution in [0.2, 0.25) is 0 Å². The summed E-state index contributed by atoms with van der Waals surface area (Å²) >= 11 is 0. The highest BCUT2D eigenvalue weighted by molar-refractivity contribution is 5.85. The Bertz CT molecular complexity index is 585. The number of aromatic nitrogens is 2. The molecule has 0 fully saturated rings. The van der Waals surface area contributed by atoms with Crippen molar-refractivity contribution < 1.29 is 23.1 Å². The number of carbonyl (C=O) groups is 1. The molecule has 0 spiro atoms. The van der Waals surface area contributed by atoms with E-state index >= 15 is 0 Å². The Balaban J connectivity index is 2.24. The van der Waals surface area contributed by atoms with Gasteiger partial charge in [-0.2, -0.15) is 18.3 Å². The molecule has 22 heavy (non-hydrogen) atoms. The zero-order valence-corrected chi connectivity index (χ0v) is 13.0. The van der Waals surface area contributed by atoms with Crippen LogP contribution in [-0.2, 0) is 23.3 Å². The first-order chi connectivity index (χ1) is 9.85. The molecule has 0 saturated heterocycles. The molecular weight excluding hydrogens is 299 g/mol. The molecular formula is C14H20F3N3O2. The first kappa shape index (κ1) is 16.8. The zero-order chi connectivity index (χ0) is 16.9. The number of rotatable bonds is 1. The maximum absolute atomic E-state index is 12.8. The Morgan fingerprint density at radius 1 is 1.27 bits per heavy atom. The van der Waals surface area contributed by atoms with Crippen LogP contribution in [0.1, 0.15) is 39.0 Å². The molecule has 0 radical (unpaired) electrons. The highest BCUT2D eigenvalue weighted by atomic mass is 19.4. The van der Waals surface area contributed by atoms with Crippen molar-refractivity contribution in [1.82, 2.24) is 14.7 Å². The highest BCUT2D eigenvalue weighted by Crippen LogP contribution is 2.33. The molecule has 1 unspecified atom stereocenters. The van der Waals surface area contributed by atoms with Crippen LogP contribution in [0.5, 0.6) is 0 Å². The van der Waals surface area contributed by atoms with Gasteiger partial charge in [-0.1, -0.05) is 0 Å². The minimum Gasteiger partial charge on any atom is -0.373 e. The molecule has 2 heterocycles. The van der Waals surface area contributed by atoms with E-state index in [0.29, 0.717) is 18.9 Å². The van der Waals surface area contributed by atoms with E-state index in [4.69, 9.17) is 0 Å². The van der Waals surface area contributed by atoms with Gasteiger partial charge in [0, 0.05) is 30.8 Å². The summed E-state index contributed by atoms with van der Waals surface area (Å²) in [6, 6.07) is 0. The van der Waals surface area contributed by atoms with Crippen molar-refractivity contribution in [2.24, 2.45) is 0 Å². The first-order valence-corrected chi connectivity index (χ1v) is 7.00. The summed E-state index contributed by atoms with van der Waals surface area (Å²) in [6.45, 7) is 6.57. The van der Waals surface area contributed by atoms with Crippen LogP contribution < -0.4 is 0 Å². The molecule has 1 aromatic heterocycles. The van der Waals surface area contributed by atoms with Crippen LogP contribution >= 0.6 is 0 Å². The highest BCUT2D eigenvalue weighted by Gasteiger charge is 2.57. The molecule has 1 amide bonds. The van der Waals surface area contributed by atoms with Gasteiger partial charge < -0.3 is 10.0 Å². The Labute approximate surface area is 126 Å². The molecule has 0 saturated carbocycles. The standard InChI is InChI=1S/C14H20F3N3O2/c1-12(2,3)20-10-5-6-19(8-9(10)7-18-20)11(21)13(4,22)14(15,16)17/h7,22H,5-6,8H2,1-4H3. The van der Waals surface area contributed by atoms with Crippen molar-refractivity contribution in [3.8, 4) is 0 Å². The number of aliphatic hydroxyl groups is 1. The van der Waals surface area contributed by atoms with Crippen LogP contribution in [-0.4, -0.2) is 44.0 Å². The Morgan fingerprint density at radius 2 is 1.86 bits per heavy atom. The number of carbonyl (C=O) groups excluding carboxylic acids is 1.